The lowest BCUT2D eigenvalue weighted by atomic mass is 9.93. The first-order valence-electron chi connectivity index (χ1n) is 2.86. The fourth-order valence-electron chi connectivity index (χ4n) is 0.761. The quantitative estimate of drug-likeness (QED) is 0.620. The molecule has 0 saturated carbocycles. The van der Waals surface area contributed by atoms with Gasteiger partial charge in [-0.2, -0.15) is 0 Å². The van der Waals surface area contributed by atoms with Crippen molar-refractivity contribution in [1.82, 2.24) is 0 Å². The molecule has 0 bridgehead atoms. The van der Waals surface area contributed by atoms with Crippen molar-refractivity contribution in [3.8, 4) is 5.75 Å². The number of phenols is 1. The van der Waals surface area contributed by atoms with E-state index in [-0.39, 0.29) is 5.75 Å². The predicted octanol–water partition coefficient (Wildman–Crippen LogP) is 1.26. The molecule has 3 heteroatoms. The maximum Gasteiger partial charge on any atom is 0.119 e. The molecule has 0 heterocycles. The van der Waals surface area contributed by atoms with Crippen LogP contribution in [0.3, 0.4) is 0 Å². The van der Waals surface area contributed by atoms with E-state index >= 15 is 0 Å². The standard InChI is InChI=1S/C7H6BBrO/c1-4-2-5(9)3-6(8)7(4)10/h2-3,10H,1H3. The summed E-state index contributed by atoms with van der Waals surface area (Å²) in [5, 5.41) is 9.18. The van der Waals surface area contributed by atoms with Crippen molar-refractivity contribution in [2.75, 3.05) is 0 Å². The summed E-state index contributed by atoms with van der Waals surface area (Å²) in [6.07, 6.45) is 0. The van der Waals surface area contributed by atoms with Crippen LogP contribution in [0.1, 0.15) is 5.56 Å². The Morgan fingerprint density at radius 2 is 2.10 bits per heavy atom. The van der Waals surface area contributed by atoms with Gasteiger partial charge in [-0.3, -0.25) is 0 Å². The normalized spacial score (nSPS) is 9.80. The molecule has 50 valence electrons. The number of aromatic hydroxyl groups is 1. The summed E-state index contributed by atoms with van der Waals surface area (Å²) in [6.45, 7) is 1.80. The lowest BCUT2D eigenvalue weighted by Crippen LogP contribution is -2.03. The van der Waals surface area contributed by atoms with Crippen LogP contribution in [-0.4, -0.2) is 13.0 Å². The Hall–Kier alpha value is -0.435. The Kier molecular flexibility index (Phi) is 2.04. The van der Waals surface area contributed by atoms with Gasteiger partial charge < -0.3 is 5.11 Å². The lowest BCUT2D eigenvalue weighted by molar-refractivity contribution is 0.475. The first kappa shape index (κ1) is 7.67. The van der Waals surface area contributed by atoms with E-state index in [1.165, 1.54) is 0 Å². The van der Waals surface area contributed by atoms with Gasteiger partial charge in [-0.25, -0.2) is 0 Å². The molecule has 0 unspecified atom stereocenters. The summed E-state index contributed by atoms with van der Waals surface area (Å²) in [7, 11) is 5.44. The molecule has 0 aliphatic heterocycles. The van der Waals surface area contributed by atoms with Crippen molar-refractivity contribution < 1.29 is 5.11 Å². The van der Waals surface area contributed by atoms with E-state index in [2.05, 4.69) is 15.9 Å². The van der Waals surface area contributed by atoms with Gasteiger partial charge in [0, 0.05) is 4.47 Å². The van der Waals surface area contributed by atoms with E-state index in [1.807, 2.05) is 6.07 Å². The van der Waals surface area contributed by atoms with Crippen LogP contribution >= 0.6 is 15.9 Å². The van der Waals surface area contributed by atoms with Crippen LogP contribution in [0.25, 0.3) is 0 Å². The topological polar surface area (TPSA) is 20.2 Å². The van der Waals surface area contributed by atoms with Gasteiger partial charge in [-0.05, 0) is 18.6 Å². The number of phenolic OH excluding ortho intramolecular Hbond substituents is 1. The maximum absolute atomic E-state index is 9.18. The molecule has 0 aromatic heterocycles. The van der Waals surface area contributed by atoms with E-state index in [0.29, 0.717) is 5.46 Å². The van der Waals surface area contributed by atoms with E-state index in [4.69, 9.17) is 7.85 Å². The molecule has 0 aliphatic carbocycles. The van der Waals surface area contributed by atoms with Crippen LogP contribution in [0.5, 0.6) is 5.75 Å². The summed E-state index contributed by atoms with van der Waals surface area (Å²) in [4.78, 5) is 0. The minimum atomic E-state index is 0.170. The lowest BCUT2D eigenvalue weighted by Gasteiger charge is -2.02. The summed E-state index contributed by atoms with van der Waals surface area (Å²) in [6, 6.07) is 3.48. The van der Waals surface area contributed by atoms with E-state index < -0.39 is 0 Å². The summed E-state index contributed by atoms with van der Waals surface area (Å²) in [5.41, 5.74) is 1.19. The third-order valence-corrected chi connectivity index (χ3v) is 1.75. The second-order valence-electron chi connectivity index (χ2n) is 2.16. The molecular formula is C7H6BBrO. The highest BCUT2D eigenvalue weighted by atomic mass is 79.9. The average molecular weight is 197 g/mol. The highest BCUT2D eigenvalue weighted by Gasteiger charge is 1.99. The summed E-state index contributed by atoms with van der Waals surface area (Å²) >= 11 is 3.26. The number of benzene rings is 1. The van der Waals surface area contributed by atoms with Gasteiger partial charge in [-0.15, -0.1) is 0 Å². The average Bonchev–Trinajstić information content (AvgIpc) is 1.82. The molecule has 1 aromatic rings. The SMILES string of the molecule is [B]c1cc(Br)cc(C)c1O. The minimum absolute atomic E-state index is 0.170. The maximum atomic E-state index is 9.18. The molecule has 0 saturated heterocycles. The predicted molar refractivity (Wildman–Crippen MR) is 45.9 cm³/mol. The third-order valence-electron chi connectivity index (χ3n) is 1.29. The molecule has 10 heavy (non-hydrogen) atoms. The van der Waals surface area contributed by atoms with Gasteiger partial charge in [0.2, 0.25) is 0 Å². The van der Waals surface area contributed by atoms with Gasteiger partial charge >= 0.3 is 0 Å². The largest absolute Gasteiger partial charge is 0.508 e. The Labute approximate surface area is 69.6 Å². The van der Waals surface area contributed by atoms with Crippen LogP contribution in [0.2, 0.25) is 0 Å². The number of halogens is 1. The van der Waals surface area contributed by atoms with Crippen molar-refractivity contribution in [2.24, 2.45) is 0 Å². The Balaban J connectivity index is 3.31. The zero-order chi connectivity index (χ0) is 7.72. The van der Waals surface area contributed by atoms with Gasteiger partial charge in [0.05, 0.1) is 0 Å². The van der Waals surface area contributed by atoms with Crippen molar-refractivity contribution in [1.29, 1.82) is 0 Å². The first-order chi connectivity index (χ1) is 4.61. The highest BCUT2D eigenvalue weighted by Crippen LogP contribution is 2.17. The minimum Gasteiger partial charge on any atom is -0.508 e. The first-order valence-corrected chi connectivity index (χ1v) is 3.65. The zero-order valence-corrected chi connectivity index (χ0v) is 7.14. The monoisotopic (exact) mass is 196 g/mol. The van der Waals surface area contributed by atoms with Crippen LogP contribution in [-0.2, 0) is 0 Å². The Morgan fingerprint density at radius 3 is 2.60 bits per heavy atom. The summed E-state index contributed by atoms with van der Waals surface area (Å²) < 4.78 is 0.889. The third kappa shape index (κ3) is 1.35. The molecule has 1 nitrogen and oxygen atoms in total. The van der Waals surface area contributed by atoms with Crippen LogP contribution in [0.15, 0.2) is 16.6 Å². The van der Waals surface area contributed by atoms with Crippen LogP contribution < -0.4 is 5.46 Å². The molecule has 0 amide bonds. The van der Waals surface area contributed by atoms with Crippen molar-refractivity contribution in [3.05, 3.63) is 22.2 Å². The van der Waals surface area contributed by atoms with E-state index in [1.54, 1.807) is 13.0 Å². The Bertz CT molecular complexity index is 237. The van der Waals surface area contributed by atoms with Crippen molar-refractivity contribution >= 4 is 29.2 Å². The fourth-order valence-corrected chi connectivity index (χ4v) is 1.35. The van der Waals surface area contributed by atoms with Gasteiger partial charge in [0.15, 0.2) is 0 Å². The molecule has 1 N–H and O–H groups in total. The number of rotatable bonds is 0. The molecule has 1 rings (SSSR count). The molecule has 0 spiro atoms. The zero-order valence-electron chi connectivity index (χ0n) is 5.56. The summed E-state index contributed by atoms with van der Waals surface area (Å²) in [5.74, 6) is 0.170. The second-order valence-corrected chi connectivity index (χ2v) is 3.08. The molecule has 0 atom stereocenters. The van der Waals surface area contributed by atoms with Crippen molar-refractivity contribution in [3.63, 3.8) is 0 Å². The molecule has 0 fully saturated rings. The van der Waals surface area contributed by atoms with Crippen molar-refractivity contribution in [2.45, 2.75) is 6.92 Å². The molecular weight excluding hydrogens is 191 g/mol. The molecule has 2 radical (unpaired) electrons. The van der Waals surface area contributed by atoms with Gasteiger partial charge in [0.1, 0.15) is 13.6 Å². The number of hydrogen-bond donors (Lipinski definition) is 1. The van der Waals surface area contributed by atoms with E-state index in [9.17, 15) is 5.11 Å². The van der Waals surface area contributed by atoms with Crippen LogP contribution in [0, 0.1) is 6.92 Å². The number of hydrogen-bond acceptors (Lipinski definition) is 1. The second kappa shape index (κ2) is 2.66. The van der Waals surface area contributed by atoms with Gasteiger partial charge in [0.25, 0.3) is 0 Å². The molecule has 1 aromatic carbocycles. The van der Waals surface area contributed by atoms with Crippen LogP contribution in [0.4, 0.5) is 0 Å². The number of aryl methyl sites for hydroxylation is 1. The van der Waals surface area contributed by atoms with E-state index in [0.717, 1.165) is 10.0 Å². The van der Waals surface area contributed by atoms with Gasteiger partial charge in [-0.1, -0.05) is 27.5 Å². The smallest absolute Gasteiger partial charge is 0.119 e. The molecule has 0 aliphatic rings. The highest BCUT2D eigenvalue weighted by molar-refractivity contribution is 9.10. The Morgan fingerprint density at radius 1 is 1.50 bits per heavy atom. The fraction of sp³-hybridized carbons (Fsp3) is 0.143.